The summed E-state index contributed by atoms with van der Waals surface area (Å²) < 4.78 is 14.9. The minimum Gasteiger partial charge on any atom is -0.508 e. The van der Waals surface area contributed by atoms with E-state index in [0.29, 0.717) is 6.54 Å². The number of aromatic nitrogens is 2. The predicted molar refractivity (Wildman–Crippen MR) is 63.5 cm³/mol. The van der Waals surface area contributed by atoms with Crippen molar-refractivity contribution in [2.24, 2.45) is 0 Å². The molecule has 5 nitrogen and oxygen atoms in total. The topological polar surface area (TPSA) is 67.2 Å². The summed E-state index contributed by atoms with van der Waals surface area (Å²) in [4.78, 5) is 11.6. The second kappa shape index (κ2) is 5.31. The molecule has 6 heteroatoms. The number of nitrogens with one attached hydrogen (secondary N) is 1. The van der Waals surface area contributed by atoms with Crippen LogP contribution in [-0.4, -0.2) is 20.8 Å². The van der Waals surface area contributed by atoms with Crippen LogP contribution in [0.2, 0.25) is 0 Å². The first-order valence-electron chi connectivity index (χ1n) is 5.41. The standard InChI is InChI=1S/C12H12FN3O2/c13-10-8-9(17)2-3-11(10)15-12(18)4-7-16-6-1-5-14-16/h1-3,5-6,8,17H,4,7H2,(H,15,18). The van der Waals surface area contributed by atoms with Crippen molar-refractivity contribution in [1.29, 1.82) is 0 Å². The highest BCUT2D eigenvalue weighted by Crippen LogP contribution is 2.19. The molecule has 94 valence electrons. The van der Waals surface area contributed by atoms with Crippen molar-refractivity contribution in [1.82, 2.24) is 9.78 Å². The lowest BCUT2D eigenvalue weighted by Gasteiger charge is -2.06. The highest BCUT2D eigenvalue weighted by molar-refractivity contribution is 5.90. The first-order chi connectivity index (χ1) is 8.65. The molecule has 1 aromatic carbocycles. The summed E-state index contributed by atoms with van der Waals surface area (Å²) in [5.41, 5.74) is 0.0539. The lowest BCUT2D eigenvalue weighted by atomic mass is 10.2. The van der Waals surface area contributed by atoms with Gasteiger partial charge in [-0.3, -0.25) is 9.48 Å². The van der Waals surface area contributed by atoms with Gasteiger partial charge in [0.05, 0.1) is 5.69 Å². The van der Waals surface area contributed by atoms with E-state index in [1.807, 2.05) is 0 Å². The fraction of sp³-hybridized carbons (Fsp3) is 0.167. The van der Waals surface area contributed by atoms with Crippen molar-refractivity contribution in [2.45, 2.75) is 13.0 Å². The molecule has 18 heavy (non-hydrogen) atoms. The van der Waals surface area contributed by atoms with Crippen LogP contribution in [0.1, 0.15) is 6.42 Å². The Morgan fingerprint density at radius 2 is 2.33 bits per heavy atom. The van der Waals surface area contributed by atoms with Crippen LogP contribution < -0.4 is 5.32 Å². The van der Waals surface area contributed by atoms with Crippen LogP contribution in [0.3, 0.4) is 0 Å². The van der Waals surface area contributed by atoms with E-state index >= 15 is 0 Å². The average molecular weight is 249 g/mol. The zero-order valence-corrected chi connectivity index (χ0v) is 9.51. The summed E-state index contributed by atoms with van der Waals surface area (Å²) in [5, 5.41) is 15.4. The molecule has 1 heterocycles. The molecular formula is C12H12FN3O2. The molecular weight excluding hydrogens is 237 g/mol. The number of phenols is 1. The molecule has 0 radical (unpaired) electrons. The molecule has 0 fully saturated rings. The van der Waals surface area contributed by atoms with E-state index in [9.17, 15) is 9.18 Å². The molecule has 1 amide bonds. The SMILES string of the molecule is O=C(CCn1cccn1)Nc1ccc(O)cc1F. The number of hydrogen-bond donors (Lipinski definition) is 2. The van der Waals surface area contributed by atoms with E-state index in [1.165, 1.54) is 12.1 Å². The van der Waals surface area contributed by atoms with Crippen molar-refractivity contribution in [3.63, 3.8) is 0 Å². The van der Waals surface area contributed by atoms with E-state index in [4.69, 9.17) is 5.11 Å². The zero-order chi connectivity index (χ0) is 13.0. The number of halogens is 1. The summed E-state index contributed by atoms with van der Waals surface area (Å²) in [6, 6.07) is 5.34. The van der Waals surface area contributed by atoms with Crippen LogP contribution in [0, 0.1) is 5.82 Å². The molecule has 0 aliphatic carbocycles. The van der Waals surface area contributed by atoms with Crippen LogP contribution >= 0.6 is 0 Å². The van der Waals surface area contributed by atoms with E-state index in [-0.39, 0.29) is 23.8 Å². The first-order valence-corrected chi connectivity index (χ1v) is 5.41. The van der Waals surface area contributed by atoms with Gasteiger partial charge in [-0.1, -0.05) is 0 Å². The highest BCUT2D eigenvalue weighted by atomic mass is 19.1. The smallest absolute Gasteiger partial charge is 0.226 e. The Balaban J connectivity index is 1.91. The number of carbonyl (C=O) groups excluding carboxylic acids is 1. The van der Waals surface area contributed by atoms with Crippen molar-refractivity contribution < 1.29 is 14.3 Å². The largest absolute Gasteiger partial charge is 0.508 e. The number of rotatable bonds is 4. The maximum absolute atomic E-state index is 13.3. The Morgan fingerprint density at radius 1 is 1.50 bits per heavy atom. The van der Waals surface area contributed by atoms with Gasteiger partial charge in [0.25, 0.3) is 0 Å². The Morgan fingerprint density at radius 3 is 3.00 bits per heavy atom. The number of benzene rings is 1. The molecule has 0 unspecified atom stereocenters. The van der Waals surface area contributed by atoms with Crippen molar-refractivity contribution in [3.8, 4) is 5.75 Å². The minimum atomic E-state index is -0.664. The van der Waals surface area contributed by atoms with Crippen LogP contribution in [-0.2, 0) is 11.3 Å². The van der Waals surface area contributed by atoms with E-state index in [0.717, 1.165) is 6.07 Å². The van der Waals surface area contributed by atoms with Gasteiger partial charge < -0.3 is 10.4 Å². The van der Waals surface area contributed by atoms with E-state index in [2.05, 4.69) is 10.4 Å². The highest BCUT2D eigenvalue weighted by Gasteiger charge is 2.07. The zero-order valence-electron chi connectivity index (χ0n) is 9.51. The third kappa shape index (κ3) is 3.07. The van der Waals surface area contributed by atoms with Gasteiger partial charge in [-0.2, -0.15) is 5.10 Å². The van der Waals surface area contributed by atoms with Gasteiger partial charge >= 0.3 is 0 Å². The molecule has 2 rings (SSSR count). The molecule has 0 saturated heterocycles. The van der Waals surface area contributed by atoms with Gasteiger partial charge in [0.1, 0.15) is 11.6 Å². The summed E-state index contributed by atoms with van der Waals surface area (Å²) in [6.07, 6.45) is 3.56. The number of carbonyl (C=O) groups is 1. The monoisotopic (exact) mass is 249 g/mol. The molecule has 2 aromatic rings. The quantitative estimate of drug-likeness (QED) is 0.811. The fourth-order valence-corrected chi connectivity index (χ4v) is 1.47. The van der Waals surface area contributed by atoms with Gasteiger partial charge in [-0.05, 0) is 18.2 Å². The second-order valence-electron chi connectivity index (χ2n) is 3.73. The Labute approximate surface area is 103 Å². The van der Waals surface area contributed by atoms with Gasteiger partial charge in [0, 0.05) is 31.4 Å². The molecule has 1 aromatic heterocycles. The Kier molecular flexibility index (Phi) is 3.57. The summed E-state index contributed by atoms with van der Waals surface area (Å²) >= 11 is 0. The maximum Gasteiger partial charge on any atom is 0.226 e. The van der Waals surface area contributed by atoms with Crippen LogP contribution in [0.4, 0.5) is 10.1 Å². The summed E-state index contributed by atoms with van der Waals surface area (Å²) in [7, 11) is 0. The molecule has 2 N–H and O–H groups in total. The molecule has 0 spiro atoms. The van der Waals surface area contributed by atoms with Gasteiger partial charge in [0.15, 0.2) is 0 Å². The summed E-state index contributed by atoms with van der Waals surface area (Å²) in [6.45, 7) is 0.429. The van der Waals surface area contributed by atoms with E-state index in [1.54, 1.807) is 23.1 Å². The number of aromatic hydroxyl groups is 1. The van der Waals surface area contributed by atoms with Crippen molar-refractivity contribution in [3.05, 3.63) is 42.5 Å². The molecule has 0 aliphatic rings. The van der Waals surface area contributed by atoms with Gasteiger partial charge in [-0.15, -0.1) is 0 Å². The average Bonchev–Trinajstić information content (AvgIpc) is 2.83. The Hall–Kier alpha value is -2.37. The molecule has 0 atom stereocenters. The van der Waals surface area contributed by atoms with Crippen LogP contribution in [0.5, 0.6) is 5.75 Å². The number of anilines is 1. The lowest BCUT2D eigenvalue weighted by molar-refractivity contribution is -0.116. The Bertz CT molecular complexity index is 540. The normalized spacial score (nSPS) is 10.3. The number of nitrogens with zero attached hydrogens (tertiary/aromatic N) is 2. The van der Waals surface area contributed by atoms with Gasteiger partial charge in [0.2, 0.25) is 5.91 Å². The third-order valence-corrected chi connectivity index (χ3v) is 2.35. The molecule has 0 saturated carbocycles. The van der Waals surface area contributed by atoms with Crippen molar-refractivity contribution in [2.75, 3.05) is 5.32 Å². The molecule has 0 bridgehead atoms. The number of amides is 1. The molecule has 0 aliphatic heterocycles. The van der Waals surface area contributed by atoms with Crippen molar-refractivity contribution >= 4 is 11.6 Å². The van der Waals surface area contributed by atoms with Crippen LogP contribution in [0.25, 0.3) is 0 Å². The number of hydrogen-bond acceptors (Lipinski definition) is 3. The lowest BCUT2D eigenvalue weighted by Crippen LogP contribution is -2.15. The predicted octanol–water partition coefficient (Wildman–Crippen LogP) is 1.76. The number of aryl methyl sites for hydroxylation is 1. The van der Waals surface area contributed by atoms with Gasteiger partial charge in [-0.25, -0.2) is 4.39 Å². The third-order valence-electron chi connectivity index (χ3n) is 2.35. The number of phenolic OH excluding ortho intramolecular Hbond substituents is 1. The van der Waals surface area contributed by atoms with E-state index < -0.39 is 5.82 Å². The van der Waals surface area contributed by atoms with Crippen LogP contribution in [0.15, 0.2) is 36.7 Å². The summed E-state index contributed by atoms with van der Waals surface area (Å²) in [5.74, 6) is -1.15. The maximum atomic E-state index is 13.3. The second-order valence-corrected chi connectivity index (χ2v) is 3.73. The minimum absolute atomic E-state index is 0.0539. The first kappa shape index (κ1) is 12.1. The fourth-order valence-electron chi connectivity index (χ4n) is 1.47.